The molecule has 0 amide bonds. The highest BCUT2D eigenvalue weighted by Crippen LogP contribution is 2.42. The van der Waals surface area contributed by atoms with Gasteiger partial charge in [0, 0.05) is 6.04 Å². The molecule has 0 heterocycles. The summed E-state index contributed by atoms with van der Waals surface area (Å²) >= 11 is 0. The number of methoxy groups -OCH3 is 1. The monoisotopic (exact) mass is 275 g/mol. The van der Waals surface area contributed by atoms with Crippen molar-refractivity contribution in [2.24, 2.45) is 11.3 Å². The molecule has 2 nitrogen and oxygen atoms in total. The number of rotatable bonds is 5. The molecule has 1 saturated carbocycles. The third kappa shape index (κ3) is 3.54. The molecule has 1 N–H and O–H groups in total. The molecule has 0 bridgehead atoms. The number of nitrogens with one attached hydrogen (secondary N) is 1. The highest BCUT2D eigenvalue weighted by atomic mass is 16.5. The highest BCUT2D eigenvalue weighted by Gasteiger charge is 2.36. The van der Waals surface area contributed by atoms with Crippen LogP contribution in [0.25, 0.3) is 0 Å². The maximum Gasteiger partial charge on any atom is 0.118 e. The number of hydrogen-bond donors (Lipinski definition) is 1. The summed E-state index contributed by atoms with van der Waals surface area (Å²) in [7, 11) is 3.83. The van der Waals surface area contributed by atoms with Crippen molar-refractivity contribution >= 4 is 0 Å². The quantitative estimate of drug-likeness (QED) is 0.875. The summed E-state index contributed by atoms with van der Waals surface area (Å²) < 4.78 is 5.23. The van der Waals surface area contributed by atoms with E-state index in [9.17, 15) is 0 Å². The Bertz CT molecular complexity index is 410. The van der Waals surface area contributed by atoms with Crippen molar-refractivity contribution < 1.29 is 4.74 Å². The second kappa shape index (κ2) is 6.62. The molecule has 1 aromatic rings. The van der Waals surface area contributed by atoms with Crippen LogP contribution in [0.4, 0.5) is 0 Å². The second-order valence-electron chi connectivity index (χ2n) is 6.79. The van der Waals surface area contributed by atoms with Crippen molar-refractivity contribution in [3.05, 3.63) is 29.8 Å². The lowest BCUT2D eigenvalue weighted by Crippen LogP contribution is -2.44. The number of likely N-dealkylation sites (N-methyl/N-ethyl adjacent to an activating group) is 1. The van der Waals surface area contributed by atoms with E-state index in [4.69, 9.17) is 4.74 Å². The van der Waals surface area contributed by atoms with E-state index in [1.807, 2.05) is 0 Å². The van der Waals surface area contributed by atoms with Crippen LogP contribution in [0.2, 0.25) is 0 Å². The third-order valence-electron chi connectivity index (χ3n) is 5.06. The Hall–Kier alpha value is -1.02. The van der Waals surface area contributed by atoms with Gasteiger partial charge in [0.1, 0.15) is 5.75 Å². The predicted octanol–water partition coefficient (Wildman–Crippen LogP) is 4.04. The van der Waals surface area contributed by atoms with Gasteiger partial charge in [0.15, 0.2) is 0 Å². The molecule has 0 saturated heterocycles. The van der Waals surface area contributed by atoms with Gasteiger partial charge in [-0.3, -0.25) is 0 Å². The molecule has 2 heteroatoms. The van der Waals surface area contributed by atoms with Crippen LogP contribution in [-0.4, -0.2) is 20.2 Å². The van der Waals surface area contributed by atoms with Crippen molar-refractivity contribution in [1.82, 2.24) is 5.32 Å². The van der Waals surface area contributed by atoms with Crippen molar-refractivity contribution in [3.8, 4) is 5.75 Å². The summed E-state index contributed by atoms with van der Waals surface area (Å²) in [5, 5.41) is 3.57. The molecule has 2 rings (SSSR count). The van der Waals surface area contributed by atoms with Crippen LogP contribution in [0.3, 0.4) is 0 Å². The zero-order chi connectivity index (χ0) is 14.6. The van der Waals surface area contributed by atoms with Gasteiger partial charge in [-0.15, -0.1) is 0 Å². The van der Waals surface area contributed by atoms with Gasteiger partial charge >= 0.3 is 0 Å². The van der Waals surface area contributed by atoms with E-state index in [1.165, 1.54) is 31.2 Å². The van der Waals surface area contributed by atoms with Crippen molar-refractivity contribution in [1.29, 1.82) is 0 Å². The van der Waals surface area contributed by atoms with Crippen LogP contribution < -0.4 is 10.1 Å². The average Bonchev–Trinajstić information content (AvgIpc) is 2.45. The molecule has 1 aliphatic carbocycles. The SMILES string of the molecule is CNC(Cc1ccc(OC)cc1)C1CCCCC1(C)C. The first kappa shape index (κ1) is 15.4. The molecule has 0 aliphatic heterocycles. The summed E-state index contributed by atoms with van der Waals surface area (Å²) in [5.41, 5.74) is 1.85. The molecule has 112 valence electrons. The first-order valence-corrected chi connectivity index (χ1v) is 7.87. The molecule has 0 aromatic heterocycles. The van der Waals surface area contributed by atoms with Gasteiger partial charge in [-0.25, -0.2) is 0 Å². The van der Waals surface area contributed by atoms with Gasteiger partial charge in [0.2, 0.25) is 0 Å². The number of benzene rings is 1. The maximum atomic E-state index is 5.23. The Morgan fingerprint density at radius 2 is 1.95 bits per heavy atom. The third-order valence-corrected chi connectivity index (χ3v) is 5.06. The molecular formula is C18H29NO. The fraction of sp³-hybridized carbons (Fsp3) is 0.667. The van der Waals surface area contributed by atoms with Gasteiger partial charge in [0.25, 0.3) is 0 Å². The van der Waals surface area contributed by atoms with E-state index in [0.29, 0.717) is 11.5 Å². The molecule has 0 spiro atoms. The van der Waals surface area contributed by atoms with E-state index >= 15 is 0 Å². The lowest BCUT2D eigenvalue weighted by Gasteiger charge is -2.43. The standard InChI is InChI=1S/C18H29NO/c1-18(2)12-6-5-7-16(18)17(19-3)13-14-8-10-15(20-4)11-9-14/h8-11,16-17,19H,5-7,12-13H2,1-4H3. The lowest BCUT2D eigenvalue weighted by molar-refractivity contribution is 0.101. The molecule has 1 aromatic carbocycles. The van der Waals surface area contributed by atoms with Gasteiger partial charge in [-0.05, 0) is 55.3 Å². The van der Waals surface area contributed by atoms with Crippen LogP contribution >= 0.6 is 0 Å². The molecule has 1 aliphatic rings. The Balaban J connectivity index is 2.07. The summed E-state index contributed by atoms with van der Waals surface area (Å²) in [6.07, 6.45) is 6.60. The average molecular weight is 275 g/mol. The molecule has 2 unspecified atom stereocenters. The Morgan fingerprint density at radius 1 is 1.25 bits per heavy atom. The topological polar surface area (TPSA) is 21.3 Å². The van der Waals surface area contributed by atoms with Crippen LogP contribution in [0, 0.1) is 11.3 Å². The Labute approximate surface area is 123 Å². The maximum absolute atomic E-state index is 5.23. The van der Waals surface area contributed by atoms with Crippen molar-refractivity contribution in [2.75, 3.05) is 14.2 Å². The summed E-state index contributed by atoms with van der Waals surface area (Å²) in [6.45, 7) is 4.88. The summed E-state index contributed by atoms with van der Waals surface area (Å²) in [4.78, 5) is 0. The minimum Gasteiger partial charge on any atom is -0.497 e. The summed E-state index contributed by atoms with van der Waals surface area (Å²) in [5.74, 6) is 1.70. The van der Waals surface area contributed by atoms with E-state index in [1.54, 1.807) is 7.11 Å². The van der Waals surface area contributed by atoms with Gasteiger partial charge in [0.05, 0.1) is 7.11 Å². The molecule has 20 heavy (non-hydrogen) atoms. The zero-order valence-corrected chi connectivity index (χ0v) is 13.4. The molecule has 1 fully saturated rings. The zero-order valence-electron chi connectivity index (χ0n) is 13.4. The molecular weight excluding hydrogens is 246 g/mol. The van der Waals surface area contributed by atoms with E-state index in [0.717, 1.165) is 18.1 Å². The minimum atomic E-state index is 0.457. The fourth-order valence-corrected chi connectivity index (χ4v) is 3.73. The van der Waals surface area contributed by atoms with Crippen LogP contribution in [-0.2, 0) is 6.42 Å². The highest BCUT2D eigenvalue weighted by molar-refractivity contribution is 5.27. The molecule has 0 radical (unpaired) electrons. The van der Waals surface area contributed by atoms with E-state index in [-0.39, 0.29) is 0 Å². The van der Waals surface area contributed by atoms with Crippen LogP contribution in [0.15, 0.2) is 24.3 Å². The predicted molar refractivity (Wildman–Crippen MR) is 85.3 cm³/mol. The lowest BCUT2D eigenvalue weighted by atomic mass is 9.65. The van der Waals surface area contributed by atoms with E-state index < -0.39 is 0 Å². The minimum absolute atomic E-state index is 0.457. The first-order valence-electron chi connectivity index (χ1n) is 7.87. The Kier molecular flexibility index (Phi) is 5.09. The molecule has 2 atom stereocenters. The van der Waals surface area contributed by atoms with Crippen LogP contribution in [0.1, 0.15) is 45.1 Å². The Morgan fingerprint density at radius 3 is 2.50 bits per heavy atom. The second-order valence-corrected chi connectivity index (χ2v) is 6.79. The van der Waals surface area contributed by atoms with Gasteiger partial charge < -0.3 is 10.1 Å². The number of hydrogen-bond acceptors (Lipinski definition) is 2. The van der Waals surface area contributed by atoms with Crippen molar-refractivity contribution in [2.45, 2.75) is 52.0 Å². The smallest absolute Gasteiger partial charge is 0.118 e. The van der Waals surface area contributed by atoms with E-state index in [2.05, 4.69) is 50.5 Å². The van der Waals surface area contributed by atoms with Crippen LogP contribution in [0.5, 0.6) is 5.75 Å². The van der Waals surface area contributed by atoms with Gasteiger partial charge in [-0.2, -0.15) is 0 Å². The number of ether oxygens (including phenoxy) is 1. The summed E-state index contributed by atoms with van der Waals surface area (Å²) in [6, 6.07) is 9.08. The normalized spacial score (nSPS) is 23.3. The van der Waals surface area contributed by atoms with Gasteiger partial charge in [-0.1, -0.05) is 38.8 Å². The first-order chi connectivity index (χ1) is 9.56. The fourth-order valence-electron chi connectivity index (χ4n) is 3.73. The van der Waals surface area contributed by atoms with Crippen molar-refractivity contribution in [3.63, 3.8) is 0 Å². The largest absolute Gasteiger partial charge is 0.497 e.